The molecule has 0 radical (unpaired) electrons. The van der Waals surface area contributed by atoms with Crippen LogP contribution in [0.1, 0.15) is 25.0 Å². The minimum absolute atomic E-state index is 0.198. The number of hydrogen-bond acceptors (Lipinski definition) is 4. The zero-order valence-corrected chi connectivity index (χ0v) is 21.1. The highest BCUT2D eigenvalue weighted by atomic mass is 15.2. The van der Waals surface area contributed by atoms with Crippen molar-refractivity contribution in [1.29, 1.82) is 0 Å². The van der Waals surface area contributed by atoms with E-state index in [-0.39, 0.29) is 5.41 Å². The molecule has 0 spiro atoms. The van der Waals surface area contributed by atoms with Gasteiger partial charge in [-0.1, -0.05) is 80.6 Å². The van der Waals surface area contributed by atoms with Gasteiger partial charge in [0.25, 0.3) is 0 Å². The molecular weight excluding hydrogens is 466 g/mol. The van der Waals surface area contributed by atoms with Gasteiger partial charge < -0.3 is 0 Å². The van der Waals surface area contributed by atoms with Crippen molar-refractivity contribution in [2.24, 2.45) is 0 Å². The van der Waals surface area contributed by atoms with Crippen molar-refractivity contribution in [2.45, 2.75) is 19.3 Å². The van der Waals surface area contributed by atoms with Crippen LogP contribution in [0.4, 0.5) is 0 Å². The van der Waals surface area contributed by atoms with Crippen molar-refractivity contribution in [3.8, 4) is 28.3 Å². The van der Waals surface area contributed by atoms with Gasteiger partial charge in [-0.25, -0.2) is 9.97 Å². The van der Waals surface area contributed by atoms with Crippen LogP contribution in [0.2, 0.25) is 0 Å². The summed E-state index contributed by atoms with van der Waals surface area (Å²) in [6.45, 7) is 4.64. The summed E-state index contributed by atoms with van der Waals surface area (Å²) in [7, 11) is 0. The number of benzene rings is 4. The Labute approximate surface area is 219 Å². The van der Waals surface area contributed by atoms with Crippen LogP contribution in [0.5, 0.6) is 0 Å². The highest BCUT2D eigenvalue weighted by molar-refractivity contribution is 6.21. The average Bonchev–Trinajstić information content (AvgIpc) is 3.43. The van der Waals surface area contributed by atoms with E-state index in [4.69, 9.17) is 15.0 Å². The van der Waals surface area contributed by atoms with E-state index in [9.17, 15) is 0 Å². The van der Waals surface area contributed by atoms with Gasteiger partial charge in [-0.3, -0.25) is 14.5 Å². The van der Waals surface area contributed by atoms with Crippen molar-refractivity contribution in [3.05, 3.63) is 115 Å². The first-order valence-electron chi connectivity index (χ1n) is 12.8. The molecule has 0 atom stereocenters. The topological polar surface area (TPSA) is 56.5 Å². The van der Waals surface area contributed by atoms with Gasteiger partial charge in [-0.15, -0.1) is 0 Å². The fourth-order valence-corrected chi connectivity index (χ4v) is 6.31. The van der Waals surface area contributed by atoms with E-state index in [1.807, 2.05) is 36.5 Å². The van der Waals surface area contributed by atoms with Crippen LogP contribution in [0, 0.1) is 0 Å². The number of nitrogens with zero attached hydrogens (tertiary/aromatic N) is 5. The predicted octanol–water partition coefficient (Wildman–Crippen LogP) is 7.49. The van der Waals surface area contributed by atoms with E-state index >= 15 is 0 Å². The quantitative estimate of drug-likeness (QED) is 0.252. The van der Waals surface area contributed by atoms with Crippen LogP contribution in [-0.2, 0) is 5.41 Å². The lowest BCUT2D eigenvalue weighted by Gasteiger charge is -2.23. The fraction of sp³-hybridized carbons (Fsp3) is 0.0909. The molecule has 0 bridgehead atoms. The second-order valence-corrected chi connectivity index (χ2v) is 10.4. The minimum atomic E-state index is -0.198. The van der Waals surface area contributed by atoms with Crippen LogP contribution >= 0.6 is 0 Å². The van der Waals surface area contributed by atoms with Gasteiger partial charge >= 0.3 is 0 Å². The maximum atomic E-state index is 5.10. The number of fused-ring (bicyclic) bond motifs is 9. The third kappa shape index (κ3) is 2.76. The van der Waals surface area contributed by atoms with Crippen LogP contribution < -0.4 is 0 Å². The molecule has 0 N–H and O–H groups in total. The van der Waals surface area contributed by atoms with Gasteiger partial charge in [0.15, 0.2) is 0 Å². The Morgan fingerprint density at radius 3 is 2.39 bits per heavy atom. The standard InChI is InChI=1S/C33H23N5/c1-33(2)24-11-7-6-10-21(24)22-12-13-23-28-27(15-14-26-30(28)35-19-18-34-26)38(31(23)29(22)33)32-36-17-16-25(37-32)20-8-4-3-5-9-20/h3-19H,1-2H3. The van der Waals surface area contributed by atoms with Crippen LogP contribution in [0.25, 0.3) is 61.2 Å². The normalized spacial score (nSPS) is 13.7. The largest absolute Gasteiger partial charge is 0.277 e. The monoisotopic (exact) mass is 489 g/mol. The number of rotatable bonds is 2. The molecule has 7 aromatic rings. The van der Waals surface area contributed by atoms with E-state index in [0.717, 1.165) is 44.1 Å². The van der Waals surface area contributed by atoms with Gasteiger partial charge in [0.05, 0.1) is 27.8 Å². The zero-order valence-electron chi connectivity index (χ0n) is 21.1. The van der Waals surface area contributed by atoms with E-state index < -0.39 is 0 Å². The molecular formula is C33H23N5. The summed E-state index contributed by atoms with van der Waals surface area (Å²) in [5, 5.41) is 2.22. The summed E-state index contributed by atoms with van der Waals surface area (Å²) >= 11 is 0. The Bertz CT molecular complexity index is 2050. The summed E-state index contributed by atoms with van der Waals surface area (Å²) in [5.74, 6) is 0.648. The van der Waals surface area contributed by atoms with Gasteiger partial charge in [-0.2, -0.15) is 0 Å². The third-order valence-corrected chi connectivity index (χ3v) is 7.96. The van der Waals surface area contributed by atoms with Crippen molar-refractivity contribution >= 4 is 32.8 Å². The summed E-state index contributed by atoms with van der Waals surface area (Å²) in [6, 6.07) is 29.6. The summed E-state index contributed by atoms with van der Waals surface area (Å²) in [6.07, 6.45) is 5.37. The molecule has 4 aromatic carbocycles. The fourth-order valence-electron chi connectivity index (χ4n) is 6.31. The number of hydrogen-bond donors (Lipinski definition) is 0. The molecule has 0 fully saturated rings. The SMILES string of the molecule is CC1(C)c2ccccc2-c2ccc3c4c5nccnc5ccc4n(-c4nccc(-c5ccccc5)n4)c3c21. The molecule has 0 saturated heterocycles. The first kappa shape index (κ1) is 21.2. The molecule has 5 nitrogen and oxygen atoms in total. The van der Waals surface area contributed by atoms with Crippen molar-refractivity contribution in [1.82, 2.24) is 24.5 Å². The Morgan fingerprint density at radius 2 is 1.50 bits per heavy atom. The molecule has 180 valence electrons. The molecule has 38 heavy (non-hydrogen) atoms. The highest BCUT2D eigenvalue weighted by Crippen LogP contribution is 2.53. The second-order valence-electron chi connectivity index (χ2n) is 10.4. The molecule has 8 rings (SSSR count). The lowest BCUT2D eigenvalue weighted by atomic mass is 9.81. The van der Waals surface area contributed by atoms with Crippen LogP contribution in [0.3, 0.4) is 0 Å². The maximum absolute atomic E-state index is 5.10. The molecule has 0 saturated carbocycles. The smallest absolute Gasteiger partial charge is 0.235 e. The van der Waals surface area contributed by atoms with Crippen molar-refractivity contribution in [2.75, 3.05) is 0 Å². The van der Waals surface area contributed by atoms with E-state index in [1.165, 1.54) is 22.3 Å². The average molecular weight is 490 g/mol. The molecule has 0 aliphatic heterocycles. The molecule has 1 aliphatic rings. The minimum Gasteiger partial charge on any atom is -0.277 e. The Morgan fingerprint density at radius 1 is 0.684 bits per heavy atom. The molecule has 1 aliphatic carbocycles. The Hall–Kier alpha value is -4.90. The van der Waals surface area contributed by atoms with Crippen LogP contribution in [-0.4, -0.2) is 24.5 Å². The van der Waals surface area contributed by atoms with Gasteiger partial charge in [0.1, 0.15) is 0 Å². The second kappa shape index (κ2) is 7.56. The van der Waals surface area contributed by atoms with E-state index in [2.05, 4.69) is 78.0 Å². The van der Waals surface area contributed by atoms with Crippen molar-refractivity contribution in [3.63, 3.8) is 0 Å². The first-order chi connectivity index (χ1) is 18.6. The van der Waals surface area contributed by atoms with Crippen LogP contribution in [0.15, 0.2) is 104 Å². The lowest BCUT2D eigenvalue weighted by molar-refractivity contribution is 0.663. The Balaban J connectivity index is 1.56. The van der Waals surface area contributed by atoms with E-state index in [1.54, 1.807) is 12.4 Å². The lowest BCUT2D eigenvalue weighted by Crippen LogP contribution is -2.17. The molecule has 0 unspecified atom stereocenters. The number of aromatic nitrogens is 5. The summed E-state index contributed by atoms with van der Waals surface area (Å²) in [4.78, 5) is 19.3. The molecule has 5 heteroatoms. The molecule has 3 aromatic heterocycles. The van der Waals surface area contributed by atoms with Crippen molar-refractivity contribution < 1.29 is 0 Å². The first-order valence-corrected chi connectivity index (χ1v) is 12.8. The Kier molecular flexibility index (Phi) is 4.22. The maximum Gasteiger partial charge on any atom is 0.235 e. The zero-order chi connectivity index (χ0) is 25.4. The predicted molar refractivity (Wildman–Crippen MR) is 152 cm³/mol. The van der Waals surface area contributed by atoms with Gasteiger partial charge in [0.2, 0.25) is 5.95 Å². The molecule has 0 amide bonds. The summed E-state index contributed by atoms with van der Waals surface area (Å²) < 4.78 is 2.23. The third-order valence-electron chi connectivity index (χ3n) is 7.96. The highest BCUT2D eigenvalue weighted by Gasteiger charge is 2.38. The van der Waals surface area contributed by atoms with E-state index in [0.29, 0.717) is 5.95 Å². The van der Waals surface area contributed by atoms with Gasteiger partial charge in [0, 0.05) is 40.3 Å². The molecule has 3 heterocycles. The summed E-state index contributed by atoms with van der Waals surface area (Å²) in [5.41, 5.74) is 10.8. The van der Waals surface area contributed by atoms with Gasteiger partial charge in [-0.05, 0) is 40.5 Å².